The van der Waals surface area contributed by atoms with E-state index < -0.39 is 23.4 Å². The summed E-state index contributed by atoms with van der Waals surface area (Å²) in [6, 6.07) is 12.1. The molecule has 0 fully saturated rings. The number of carboxylic acid groups (broad SMARTS) is 1. The number of aromatic nitrogens is 2. The van der Waals surface area contributed by atoms with Gasteiger partial charge in [0.2, 0.25) is 0 Å². The fourth-order valence-electron chi connectivity index (χ4n) is 4.12. The summed E-state index contributed by atoms with van der Waals surface area (Å²) in [6.07, 6.45) is 0. The van der Waals surface area contributed by atoms with Gasteiger partial charge in [-0.15, -0.1) is 0 Å². The van der Waals surface area contributed by atoms with Crippen LogP contribution in [0.4, 0.5) is 10.1 Å². The lowest BCUT2D eigenvalue weighted by molar-refractivity contribution is 0.0693. The predicted molar refractivity (Wildman–Crippen MR) is 134 cm³/mol. The van der Waals surface area contributed by atoms with Gasteiger partial charge in [-0.05, 0) is 56.7 Å². The van der Waals surface area contributed by atoms with Gasteiger partial charge in [-0.1, -0.05) is 23.5 Å². The van der Waals surface area contributed by atoms with Crippen LogP contribution in [0.2, 0.25) is 0 Å². The highest BCUT2D eigenvalue weighted by molar-refractivity contribution is 7.18. The van der Waals surface area contributed by atoms with E-state index in [1.807, 2.05) is 26.0 Å². The first kappa shape index (κ1) is 22.7. The summed E-state index contributed by atoms with van der Waals surface area (Å²) in [5, 5.41) is 13.8. The second kappa shape index (κ2) is 8.59. The fraction of sp³-hybridized carbons (Fsp3) is 0.154. The fourth-order valence-corrected chi connectivity index (χ4v) is 4.90. The van der Waals surface area contributed by atoms with Gasteiger partial charge in [-0.3, -0.25) is 4.79 Å². The number of carboxylic acids is 1. The van der Waals surface area contributed by atoms with Crippen molar-refractivity contribution >= 4 is 44.3 Å². The van der Waals surface area contributed by atoms with Gasteiger partial charge in [-0.2, -0.15) is 0 Å². The lowest BCUT2D eigenvalue weighted by atomic mass is 10.0. The monoisotopic (exact) mass is 489 g/mol. The molecule has 0 aliphatic heterocycles. The van der Waals surface area contributed by atoms with Crippen molar-refractivity contribution in [1.82, 2.24) is 9.97 Å². The van der Waals surface area contributed by atoms with Crippen LogP contribution in [0.1, 0.15) is 39.5 Å². The maximum Gasteiger partial charge on any atom is 0.340 e. The highest BCUT2D eigenvalue weighted by atomic mass is 32.1. The number of rotatable bonds is 5. The van der Waals surface area contributed by atoms with Crippen molar-refractivity contribution in [3.8, 4) is 11.5 Å². The van der Waals surface area contributed by atoms with E-state index in [-0.39, 0.29) is 11.1 Å². The van der Waals surface area contributed by atoms with Crippen molar-refractivity contribution in [3.05, 3.63) is 86.3 Å². The number of benzene rings is 2. The standard InChI is InChI=1S/C26H20FN3O4S/c1-12-9-15(13(2)28-19-6-4-5-17(27)23(19)26(32)33)24-16(10-12)21(31)11-22(34-24)18-7-8-20-25(30-18)35-14(3)29-20/h4-11,13,28H,1-3H3,(H,32,33)/t13-/m1/s1. The number of carbonyl (C=O) groups is 1. The minimum Gasteiger partial charge on any atom is -0.478 e. The average Bonchev–Trinajstić information content (AvgIpc) is 3.18. The van der Waals surface area contributed by atoms with Crippen LogP contribution in [0.15, 0.2) is 57.7 Å². The first-order chi connectivity index (χ1) is 16.7. The summed E-state index contributed by atoms with van der Waals surface area (Å²) in [6.45, 7) is 5.55. The van der Waals surface area contributed by atoms with Crippen molar-refractivity contribution in [1.29, 1.82) is 0 Å². The molecule has 5 rings (SSSR count). The number of hydrogen-bond donors (Lipinski definition) is 2. The Bertz CT molecular complexity index is 1690. The Balaban J connectivity index is 1.64. The number of halogens is 1. The molecule has 7 nitrogen and oxygen atoms in total. The normalized spacial score (nSPS) is 12.2. The first-order valence-corrected chi connectivity index (χ1v) is 11.6. The number of thiazole rings is 1. The van der Waals surface area contributed by atoms with Crippen LogP contribution < -0.4 is 10.7 Å². The molecule has 0 saturated carbocycles. The van der Waals surface area contributed by atoms with Crippen LogP contribution >= 0.6 is 11.3 Å². The molecule has 176 valence electrons. The van der Waals surface area contributed by atoms with Crippen molar-refractivity contribution in [3.63, 3.8) is 0 Å². The van der Waals surface area contributed by atoms with Gasteiger partial charge in [-0.25, -0.2) is 19.2 Å². The molecule has 0 saturated heterocycles. The molecule has 35 heavy (non-hydrogen) atoms. The number of aromatic carboxylic acids is 1. The molecule has 0 bridgehead atoms. The van der Waals surface area contributed by atoms with Crippen molar-refractivity contribution < 1.29 is 18.7 Å². The summed E-state index contributed by atoms with van der Waals surface area (Å²) in [4.78, 5) is 34.5. The number of nitrogens with one attached hydrogen (secondary N) is 1. The topological polar surface area (TPSA) is 105 Å². The number of anilines is 1. The lowest BCUT2D eigenvalue weighted by Crippen LogP contribution is -2.13. The van der Waals surface area contributed by atoms with Crippen LogP contribution in [-0.4, -0.2) is 21.0 Å². The largest absolute Gasteiger partial charge is 0.478 e. The Morgan fingerprint density at radius 2 is 1.94 bits per heavy atom. The number of hydrogen-bond acceptors (Lipinski definition) is 7. The molecular formula is C26H20FN3O4S. The summed E-state index contributed by atoms with van der Waals surface area (Å²) in [7, 11) is 0. The smallest absolute Gasteiger partial charge is 0.340 e. The van der Waals surface area contributed by atoms with Crippen LogP contribution in [0.5, 0.6) is 0 Å². The highest BCUT2D eigenvalue weighted by Gasteiger charge is 2.21. The van der Waals surface area contributed by atoms with E-state index in [4.69, 9.17) is 4.42 Å². The molecule has 3 heterocycles. The molecule has 0 spiro atoms. The molecule has 2 aromatic carbocycles. The van der Waals surface area contributed by atoms with Gasteiger partial charge in [0.25, 0.3) is 0 Å². The van der Waals surface area contributed by atoms with E-state index >= 15 is 0 Å². The second-order valence-electron chi connectivity index (χ2n) is 8.29. The number of pyridine rings is 1. The summed E-state index contributed by atoms with van der Waals surface area (Å²) in [5.74, 6) is -1.90. The second-order valence-corrected chi connectivity index (χ2v) is 9.47. The van der Waals surface area contributed by atoms with E-state index in [1.54, 1.807) is 19.1 Å². The van der Waals surface area contributed by atoms with Gasteiger partial charge in [0, 0.05) is 11.6 Å². The summed E-state index contributed by atoms with van der Waals surface area (Å²) >= 11 is 1.45. The lowest BCUT2D eigenvalue weighted by Gasteiger charge is -2.19. The quantitative estimate of drug-likeness (QED) is 0.308. The zero-order chi connectivity index (χ0) is 24.9. The van der Waals surface area contributed by atoms with E-state index in [9.17, 15) is 19.1 Å². The molecule has 9 heteroatoms. The van der Waals surface area contributed by atoms with E-state index in [0.29, 0.717) is 28.0 Å². The molecule has 0 radical (unpaired) electrons. The Hall–Kier alpha value is -4.11. The Kier molecular flexibility index (Phi) is 5.56. The third-order valence-electron chi connectivity index (χ3n) is 5.68. The molecule has 5 aromatic rings. The van der Waals surface area contributed by atoms with Gasteiger partial charge in [0.05, 0.1) is 22.1 Å². The first-order valence-electron chi connectivity index (χ1n) is 10.8. The third kappa shape index (κ3) is 4.15. The molecule has 0 unspecified atom stereocenters. The molecule has 0 amide bonds. The molecule has 0 aliphatic carbocycles. The number of aryl methyl sites for hydroxylation is 2. The number of fused-ring (bicyclic) bond motifs is 2. The average molecular weight is 490 g/mol. The minimum atomic E-state index is -1.37. The van der Waals surface area contributed by atoms with Gasteiger partial charge in [0.15, 0.2) is 11.2 Å². The molecule has 1 atom stereocenters. The highest BCUT2D eigenvalue weighted by Crippen LogP contribution is 2.32. The molecular weight excluding hydrogens is 469 g/mol. The maximum absolute atomic E-state index is 14.2. The maximum atomic E-state index is 14.2. The van der Waals surface area contributed by atoms with Crippen LogP contribution in [0, 0.1) is 19.7 Å². The zero-order valence-corrected chi connectivity index (χ0v) is 19.9. The van der Waals surface area contributed by atoms with E-state index in [0.717, 1.165) is 27.0 Å². The van der Waals surface area contributed by atoms with Crippen molar-refractivity contribution in [2.45, 2.75) is 26.8 Å². The van der Waals surface area contributed by atoms with Crippen molar-refractivity contribution in [2.75, 3.05) is 5.32 Å². The minimum absolute atomic E-state index is 0.130. The van der Waals surface area contributed by atoms with Crippen LogP contribution in [-0.2, 0) is 0 Å². The predicted octanol–water partition coefficient (Wildman–Crippen LogP) is 6.09. The number of nitrogens with zero attached hydrogens (tertiary/aromatic N) is 2. The molecule has 2 N–H and O–H groups in total. The van der Waals surface area contributed by atoms with Gasteiger partial charge >= 0.3 is 5.97 Å². The Labute approximate surface area is 202 Å². The van der Waals surface area contributed by atoms with Gasteiger partial charge in [0.1, 0.15) is 33.0 Å². The van der Waals surface area contributed by atoms with Crippen LogP contribution in [0.25, 0.3) is 32.8 Å². The Morgan fingerprint density at radius 1 is 1.14 bits per heavy atom. The molecule has 3 aromatic heterocycles. The van der Waals surface area contributed by atoms with E-state index in [2.05, 4.69) is 15.3 Å². The molecule has 0 aliphatic rings. The SMILES string of the molecule is Cc1cc([C@@H](C)Nc2cccc(F)c2C(=O)O)c2oc(-c3ccc4nc(C)sc4n3)cc(=O)c2c1. The van der Waals surface area contributed by atoms with Gasteiger partial charge < -0.3 is 14.8 Å². The third-order valence-corrected chi connectivity index (χ3v) is 6.56. The zero-order valence-electron chi connectivity index (χ0n) is 19.0. The van der Waals surface area contributed by atoms with E-state index in [1.165, 1.54) is 29.5 Å². The summed E-state index contributed by atoms with van der Waals surface area (Å²) < 4.78 is 20.4. The van der Waals surface area contributed by atoms with Crippen LogP contribution in [0.3, 0.4) is 0 Å². The summed E-state index contributed by atoms with van der Waals surface area (Å²) in [5.41, 5.74) is 2.56. The Morgan fingerprint density at radius 3 is 2.71 bits per heavy atom. The van der Waals surface area contributed by atoms with Crippen molar-refractivity contribution in [2.24, 2.45) is 0 Å².